The number of benzene rings is 1. The molecule has 0 aromatic heterocycles. The van der Waals surface area contributed by atoms with Crippen LogP contribution in [-0.4, -0.2) is 56.9 Å². The molecule has 4 heterocycles. The summed E-state index contributed by atoms with van der Waals surface area (Å²) in [6.45, 7) is 3.29. The Morgan fingerprint density at radius 2 is 2.00 bits per heavy atom. The van der Waals surface area contributed by atoms with Gasteiger partial charge >= 0.3 is 6.09 Å². The van der Waals surface area contributed by atoms with Gasteiger partial charge in [0.05, 0.1) is 30.0 Å². The third-order valence-electron chi connectivity index (χ3n) is 7.35. The van der Waals surface area contributed by atoms with Crippen molar-refractivity contribution < 1.29 is 28.2 Å². The highest BCUT2D eigenvalue weighted by Gasteiger charge is 2.51. The van der Waals surface area contributed by atoms with Gasteiger partial charge in [0.2, 0.25) is 0 Å². The van der Waals surface area contributed by atoms with E-state index < -0.39 is 12.2 Å². The molecule has 7 nitrogen and oxygen atoms in total. The number of ketones is 1. The van der Waals surface area contributed by atoms with E-state index in [2.05, 4.69) is 0 Å². The molecule has 2 atom stereocenters. The molecule has 3 saturated heterocycles. The lowest BCUT2D eigenvalue weighted by Gasteiger charge is -2.56. The Bertz CT molecular complexity index is 905. The lowest BCUT2D eigenvalue weighted by molar-refractivity contribution is -0.127. The maximum Gasteiger partial charge on any atom is 0.415 e. The first-order valence-corrected chi connectivity index (χ1v) is 10.8. The molecule has 1 spiro atoms. The van der Waals surface area contributed by atoms with E-state index in [4.69, 9.17) is 14.2 Å². The Labute approximate surface area is 174 Å². The van der Waals surface area contributed by atoms with Crippen LogP contribution in [0, 0.1) is 17.2 Å². The van der Waals surface area contributed by atoms with Gasteiger partial charge in [-0.2, -0.15) is 0 Å². The summed E-state index contributed by atoms with van der Waals surface area (Å²) in [5, 5.41) is 0. The first kappa shape index (κ1) is 18.4. The average molecular weight is 416 g/mol. The highest BCUT2D eigenvalue weighted by atomic mass is 19.1. The van der Waals surface area contributed by atoms with Gasteiger partial charge in [-0.3, -0.25) is 9.69 Å². The van der Waals surface area contributed by atoms with Crippen molar-refractivity contribution in [2.45, 2.75) is 44.2 Å². The van der Waals surface area contributed by atoms with E-state index in [0.29, 0.717) is 30.0 Å². The summed E-state index contributed by atoms with van der Waals surface area (Å²) in [5.74, 6) is 0.565. The molecule has 1 amide bonds. The number of halogens is 1. The number of hydrogen-bond donors (Lipinski definition) is 0. The van der Waals surface area contributed by atoms with Crippen molar-refractivity contribution in [1.29, 1.82) is 0 Å². The lowest BCUT2D eigenvalue weighted by Crippen LogP contribution is -2.66. The fraction of sp³-hybridized carbons (Fsp3) is 0.636. The molecule has 1 aliphatic carbocycles. The molecule has 160 valence electrons. The number of hydrogen-bond acceptors (Lipinski definition) is 6. The molecule has 30 heavy (non-hydrogen) atoms. The number of anilines is 2. The van der Waals surface area contributed by atoms with Crippen molar-refractivity contribution in [3.05, 3.63) is 17.9 Å². The van der Waals surface area contributed by atoms with Crippen LogP contribution in [0.3, 0.4) is 0 Å². The van der Waals surface area contributed by atoms with Crippen molar-refractivity contribution in [1.82, 2.24) is 0 Å². The summed E-state index contributed by atoms with van der Waals surface area (Å²) in [4.78, 5) is 28.3. The summed E-state index contributed by atoms with van der Waals surface area (Å²) in [5.41, 5.74) is 1.09. The number of rotatable bonds is 5. The zero-order chi connectivity index (χ0) is 20.5. The predicted octanol–water partition coefficient (Wildman–Crippen LogP) is 2.90. The second-order valence-corrected chi connectivity index (χ2v) is 9.42. The number of Topliss-reactive ketones (excluding diaryl/α,β-unsaturated/α-hetero) is 1. The molecule has 0 N–H and O–H groups in total. The minimum Gasteiger partial charge on any atom is -0.489 e. The normalized spacial score (nSPS) is 28.6. The lowest BCUT2D eigenvalue weighted by atomic mass is 9.77. The monoisotopic (exact) mass is 416 g/mol. The predicted molar refractivity (Wildman–Crippen MR) is 105 cm³/mol. The van der Waals surface area contributed by atoms with Crippen LogP contribution >= 0.6 is 0 Å². The fourth-order valence-corrected chi connectivity index (χ4v) is 5.26. The molecule has 1 saturated carbocycles. The molecule has 1 aromatic carbocycles. The number of amides is 1. The Kier molecular flexibility index (Phi) is 4.04. The van der Waals surface area contributed by atoms with E-state index in [1.54, 1.807) is 6.07 Å². The van der Waals surface area contributed by atoms with Crippen molar-refractivity contribution in [3.63, 3.8) is 0 Å². The number of nitrogens with zero attached hydrogens (tertiary/aromatic N) is 2. The maximum absolute atomic E-state index is 14.9. The minimum absolute atomic E-state index is 0.178. The number of carbonyl (C=O) groups excluding carboxylic acids is 2. The number of fused-ring (bicyclic) bond motifs is 3. The molecule has 1 aromatic rings. The zero-order valence-electron chi connectivity index (χ0n) is 16.8. The summed E-state index contributed by atoms with van der Waals surface area (Å²) in [6.07, 6.45) is 3.06. The van der Waals surface area contributed by atoms with Crippen LogP contribution in [0.15, 0.2) is 12.1 Å². The van der Waals surface area contributed by atoms with E-state index in [1.165, 1.54) is 11.0 Å². The van der Waals surface area contributed by atoms with E-state index >= 15 is 0 Å². The van der Waals surface area contributed by atoms with Crippen LogP contribution in [0.4, 0.5) is 20.6 Å². The molecule has 4 fully saturated rings. The van der Waals surface area contributed by atoms with Gasteiger partial charge in [-0.05, 0) is 19.3 Å². The van der Waals surface area contributed by atoms with Crippen LogP contribution < -0.4 is 14.5 Å². The fourth-order valence-electron chi connectivity index (χ4n) is 5.26. The van der Waals surface area contributed by atoms with Crippen molar-refractivity contribution >= 4 is 23.3 Å². The van der Waals surface area contributed by atoms with Crippen LogP contribution in [0.25, 0.3) is 0 Å². The highest BCUT2D eigenvalue weighted by molar-refractivity contribution is 5.94. The third kappa shape index (κ3) is 2.72. The Morgan fingerprint density at radius 1 is 1.20 bits per heavy atom. The quantitative estimate of drug-likeness (QED) is 0.735. The van der Waals surface area contributed by atoms with Gasteiger partial charge in [0.25, 0.3) is 0 Å². The van der Waals surface area contributed by atoms with E-state index in [-0.39, 0.29) is 35.6 Å². The topological polar surface area (TPSA) is 68.3 Å². The van der Waals surface area contributed by atoms with Crippen LogP contribution in [0.2, 0.25) is 0 Å². The molecule has 0 unspecified atom stereocenters. The number of ether oxygens (including phenoxy) is 3. The first-order chi connectivity index (χ1) is 14.5. The third-order valence-corrected chi connectivity index (χ3v) is 7.35. The summed E-state index contributed by atoms with van der Waals surface area (Å²) in [6, 6.07) is 2.74. The largest absolute Gasteiger partial charge is 0.489 e. The molecular formula is C22H25FN2O5. The van der Waals surface area contributed by atoms with Gasteiger partial charge in [0.1, 0.15) is 36.1 Å². The second kappa shape index (κ2) is 6.57. The van der Waals surface area contributed by atoms with Gasteiger partial charge < -0.3 is 19.1 Å². The van der Waals surface area contributed by atoms with Gasteiger partial charge in [0, 0.05) is 37.6 Å². The highest BCUT2D eigenvalue weighted by Crippen LogP contribution is 2.46. The summed E-state index contributed by atoms with van der Waals surface area (Å²) < 4.78 is 31.7. The molecule has 8 heteroatoms. The molecule has 0 radical (unpaired) electrons. The molecule has 5 aliphatic rings. The minimum atomic E-state index is -0.493. The van der Waals surface area contributed by atoms with E-state index in [0.717, 1.165) is 45.6 Å². The van der Waals surface area contributed by atoms with Gasteiger partial charge in [-0.1, -0.05) is 6.42 Å². The molecule has 6 rings (SSSR count). The SMILES string of the molecule is O=C(CC[C@@H]1OC(=O)N2c3cc(F)c(N4CC5(COC5)C4)cc3OC[C@@H]12)C1CCC1. The number of carbonyl (C=O) groups is 2. The maximum atomic E-state index is 14.9. The summed E-state index contributed by atoms with van der Waals surface area (Å²) >= 11 is 0. The van der Waals surface area contributed by atoms with Gasteiger partial charge in [-0.25, -0.2) is 9.18 Å². The molecule has 0 bridgehead atoms. The van der Waals surface area contributed by atoms with Crippen LogP contribution in [0.5, 0.6) is 5.75 Å². The average Bonchev–Trinajstić information content (AvgIpc) is 2.93. The van der Waals surface area contributed by atoms with Crippen molar-refractivity contribution in [2.75, 3.05) is 42.7 Å². The smallest absolute Gasteiger partial charge is 0.415 e. The zero-order valence-corrected chi connectivity index (χ0v) is 16.8. The van der Waals surface area contributed by atoms with Crippen molar-refractivity contribution in [2.24, 2.45) is 11.3 Å². The van der Waals surface area contributed by atoms with E-state index in [1.807, 2.05) is 4.90 Å². The second-order valence-electron chi connectivity index (χ2n) is 9.42. The Hall–Kier alpha value is -2.35. The Morgan fingerprint density at radius 3 is 2.67 bits per heavy atom. The first-order valence-electron chi connectivity index (χ1n) is 10.8. The molecular weight excluding hydrogens is 391 g/mol. The molecule has 4 aliphatic heterocycles. The van der Waals surface area contributed by atoms with Crippen LogP contribution in [-0.2, 0) is 14.3 Å². The standard InChI is InChI=1S/C22H25FN2O5/c23-14-6-16-20(7-15(14)24-9-22(10-24)11-28-12-22)29-8-17-19(30-21(27)25(16)17)5-4-18(26)13-2-1-3-13/h6-7,13,17,19H,1-5,8-12H2/t17-,19-/m0/s1. The van der Waals surface area contributed by atoms with E-state index in [9.17, 15) is 14.0 Å². The summed E-state index contributed by atoms with van der Waals surface area (Å²) in [7, 11) is 0. The number of cyclic esters (lactones) is 1. The Balaban J connectivity index is 1.18. The van der Waals surface area contributed by atoms with Crippen molar-refractivity contribution in [3.8, 4) is 5.75 Å². The van der Waals surface area contributed by atoms with Crippen LogP contribution in [0.1, 0.15) is 32.1 Å². The van der Waals surface area contributed by atoms with Gasteiger partial charge in [-0.15, -0.1) is 0 Å². The van der Waals surface area contributed by atoms with Gasteiger partial charge in [0.15, 0.2) is 0 Å².